The maximum absolute atomic E-state index is 12.8. The molecule has 0 saturated carbocycles. The number of fused-ring (bicyclic) bond motifs is 1. The number of rotatable bonds is 6. The number of halogens is 3. The highest BCUT2D eigenvalue weighted by Gasteiger charge is 2.43. The number of benzene rings is 2. The fraction of sp³-hybridized carbons (Fsp3) is 0.391. The molecule has 2 atom stereocenters. The molecular weight excluding hydrogens is 487 g/mol. The molecule has 2 saturated heterocycles. The first kappa shape index (κ1) is 25.0. The number of hydrogen-bond acceptors (Lipinski definition) is 5. The van der Waals surface area contributed by atoms with E-state index >= 15 is 0 Å². The van der Waals surface area contributed by atoms with Gasteiger partial charge in [-0.1, -0.05) is 12.1 Å². The Balaban J connectivity index is 1.26. The molecule has 2 N–H and O–H groups in total. The molecule has 0 bridgehead atoms. The highest BCUT2D eigenvalue weighted by molar-refractivity contribution is 7.89. The van der Waals surface area contributed by atoms with Crippen molar-refractivity contribution >= 4 is 21.8 Å². The van der Waals surface area contributed by atoms with Gasteiger partial charge in [0.1, 0.15) is 5.75 Å². The summed E-state index contributed by atoms with van der Waals surface area (Å²) in [5.74, 6) is -0.224. The van der Waals surface area contributed by atoms with Crippen LogP contribution in [0.25, 0.3) is 0 Å². The maximum atomic E-state index is 12.8. The Morgan fingerprint density at radius 2 is 1.46 bits per heavy atom. The summed E-state index contributed by atoms with van der Waals surface area (Å²) in [5.41, 5.74) is 1.11. The van der Waals surface area contributed by atoms with Gasteiger partial charge in [0, 0.05) is 50.0 Å². The van der Waals surface area contributed by atoms with Gasteiger partial charge in [-0.25, -0.2) is 13.6 Å². The molecule has 2 aliphatic heterocycles. The molecule has 0 aliphatic carbocycles. The average molecular weight is 512 g/mol. The molecule has 8 nitrogen and oxygen atoms in total. The van der Waals surface area contributed by atoms with Gasteiger partial charge in [0.05, 0.1) is 4.90 Å². The molecule has 12 heteroatoms. The van der Waals surface area contributed by atoms with E-state index in [9.17, 15) is 31.2 Å². The van der Waals surface area contributed by atoms with Crippen LogP contribution in [0.15, 0.2) is 53.4 Å². The number of nitrogens with zero attached hydrogens (tertiary/aromatic N) is 2. The zero-order valence-corrected chi connectivity index (χ0v) is 19.4. The molecule has 0 spiro atoms. The molecule has 188 valence electrons. The molecule has 2 heterocycles. The van der Waals surface area contributed by atoms with Crippen LogP contribution >= 0.6 is 0 Å². The summed E-state index contributed by atoms with van der Waals surface area (Å²) in [6.45, 7) is 2.09. The minimum atomic E-state index is -4.75. The summed E-state index contributed by atoms with van der Waals surface area (Å²) in [5, 5.41) is 5.09. The van der Waals surface area contributed by atoms with Gasteiger partial charge in [-0.15, -0.1) is 13.2 Å². The molecular formula is C23H24F3N3O5S. The number of carbonyl (C=O) groups is 2. The predicted octanol–water partition coefficient (Wildman–Crippen LogP) is 2.40. The lowest BCUT2D eigenvalue weighted by atomic mass is 10.0. The number of ether oxygens (including phenoxy) is 1. The van der Waals surface area contributed by atoms with Gasteiger partial charge in [0.2, 0.25) is 15.9 Å². The van der Waals surface area contributed by atoms with Gasteiger partial charge < -0.3 is 14.5 Å². The van der Waals surface area contributed by atoms with E-state index in [1.165, 1.54) is 48.5 Å². The number of hydrogen-bond donors (Lipinski definition) is 1. The zero-order valence-electron chi connectivity index (χ0n) is 18.6. The Labute approximate surface area is 200 Å². The van der Waals surface area contributed by atoms with Crippen LogP contribution in [0.4, 0.5) is 13.2 Å². The van der Waals surface area contributed by atoms with Gasteiger partial charge >= 0.3 is 6.36 Å². The van der Waals surface area contributed by atoms with Crippen LogP contribution in [0.3, 0.4) is 0 Å². The first-order valence-electron chi connectivity index (χ1n) is 10.9. The van der Waals surface area contributed by atoms with Crippen LogP contribution in [0.5, 0.6) is 5.75 Å². The third-order valence-corrected chi connectivity index (χ3v) is 7.27. The molecule has 0 radical (unpaired) electrons. The monoisotopic (exact) mass is 511 g/mol. The molecule has 2 aromatic carbocycles. The molecule has 35 heavy (non-hydrogen) atoms. The SMILES string of the molecule is NS(=O)(=O)c1ccc(C(=O)N2C[C@@H]3CN(C(=O)CCc4ccc(OC(F)(F)F)cc4)C[C@H]3C2)cc1. The molecule has 0 aromatic heterocycles. The van der Waals surface area contributed by atoms with Gasteiger partial charge in [-0.3, -0.25) is 9.59 Å². The second-order valence-corrected chi connectivity index (χ2v) is 10.4. The molecule has 4 rings (SSSR count). The fourth-order valence-electron chi connectivity index (χ4n) is 4.60. The summed E-state index contributed by atoms with van der Waals surface area (Å²) in [6, 6.07) is 10.9. The fourth-order valence-corrected chi connectivity index (χ4v) is 5.11. The largest absolute Gasteiger partial charge is 0.573 e. The Kier molecular flexibility index (Phi) is 6.78. The van der Waals surface area contributed by atoms with E-state index in [4.69, 9.17) is 5.14 Å². The number of aryl methyl sites for hydroxylation is 1. The van der Waals surface area contributed by atoms with Crippen molar-refractivity contribution in [3.63, 3.8) is 0 Å². The Hall–Kier alpha value is -3.12. The number of sulfonamides is 1. The Morgan fingerprint density at radius 3 is 1.97 bits per heavy atom. The van der Waals surface area contributed by atoms with Crippen molar-refractivity contribution in [1.29, 1.82) is 0 Å². The van der Waals surface area contributed by atoms with Gasteiger partial charge in [0.15, 0.2) is 0 Å². The minimum Gasteiger partial charge on any atom is -0.406 e. The number of likely N-dealkylation sites (tertiary alicyclic amines) is 2. The standard InChI is InChI=1S/C23H24F3N3O5S/c24-23(25,26)34-19-6-1-15(2-7-19)3-10-21(30)28-11-17-13-29(14-18(17)12-28)22(31)16-4-8-20(9-5-16)35(27,32)33/h1-2,4-9,17-18H,3,10-14H2,(H2,27,32,33)/t17-,18-/m0/s1. The second kappa shape index (κ2) is 9.50. The van der Waals surface area contributed by atoms with E-state index in [0.29, 0.717) is 38.2 Å². The predicted molar refractivity (Wildman–Crippen MR) is 119 cm³/mol. The van der Waals surface area contributed by atoms with Crippen LogP contribution in [0.2, 0.25) is 0 Å². The van der Waals surface area contributed by atoms with Crippen LogP contribution in [0.1, 0.15) is 22.3 Å². The van der Waals surface area contributed by atoms with Crippen molar-refractivity contribution in [3.8, 4) is 5.75 Å². The first-order chi connectivity index (χ1) is 16.4. The molecule has 2 amide bonds. The van der Waals surface area contributed by atoms with Gasteiger partial charge in [-0.2, -0.15) is 0 Å². The number of amides is 2. The summed E-state index contributed by atoms with van der Waals surface area (Å²) in [6.07, 6.45) is -4.11. The number of carbonyl (C=O) groups excluding carboxylic acids is 2. The van der Waals surface area contributed by atoms with E-state index < -0.39 is 16.4 Å². The average Bonchev–Trinajstić information content (AvgIpc) is 3.36. The lowest BCUT2D eigenvalue weighted by molar-refractivity contribution is -0.274. The molecule has 0 unspecified atom stereocenters. The van der Waals surface area contributed by atoms with Gasteiger partial charge in [0.25, 0.3) is 5.91 Å². The topological polar surface area (TPSA) is 110 Å². The molecule has 2 aliphatic rings. The van der Waals surface area contributed by atoms with Crippen LogP contribution < -0.4 is 9.88 Å². The summed E-state index contributed by atoms with van der Waals surface area (Å²) in [4.78, 5) is 28.9. The highest BCUT2D eigenvalue weighted by atomic mass is 32.2. The van der Waals surface area contributed by atoms with Crippen molar-refractivity contribution in [2.45, 2.75) is 24.1 Å². The van der Waals surface area contributed by atoms with Crippen LogP contribution in [-0.2, 0) is 21.2 Å². The van der Waals surface area contributed by atoms with Gasteiger partial charge in [-0.05, 0) is 48.4 Å². The maximum Gasteiger partial charge on any atom is 0.573 e. The van der Waals surface area contributed by atoms with E-state index in [1.807, 2.05) is 0 Å². The number of primary sulfonamides is 1. The quantitative estimate of drug-likeness (QED) is 0.641. The third-order valence-electron chi connectivity index (χ3n) is 6.34. The number of alkyl halides is 3. The van der Waals surface area contributed by atoms with E-state index in [-0.39, 0.29) is 40.7 Å². The van der Waals surface area contributed by atoms with E-state index in [0.717, 1.165) is 5.56 Å². The summed E-state index contributed by atoms with van der Waals surface area (Å²) in [7, 11) is -3.83. The lowest BCUT2D eigenvalue weighted by Gasteiger charge is -2.22. The van der Waals surface area contributed by atoms with E-state index in [1.54, 1.807) is 9.80 Å². The second-order valence-electron chi connectivity index (χ2n) is 8.79. The van der Waals surface area contributed by atoms with Crippen molar-refractivity contribution in [1.82, 2.24) is 9.80 Å². The minimum absolute atomic E-state index is 0.0357. The van der Waals surface area contributed by atoms with Crippen LogP contribution in [0, 0.1) is 11.8 Å². The normalized spacial score (nSPS) is 20.1. The lowest BCUT2D eigenvalue weighted by Crippen LogP contribution is -2.35. The smallest absolute Gasteiger partial charge is 0.406 e. The third kappa shape index (κ3) is 6.12. The first-order valence-corrected chi connectivity index (χ1v) is 12.5. The van der Waals surface area contributed by atoms with Crippen molar-refractivity contribution in [2.24, 2.45) is 17.0 Å². The highest BCUT2D eigenvalue weighted by Crippen LogP contribution is 2.32. The van der Waals surface area contributed by atoms with Crippen molar-refractivity contribution in [2.75, 3.05) is 26.2 Å². The van der Waals surface area contributed by atoms with Crippen molar-refractivity contribution in [3.05, 3.63) is 59.7 Å². The summed E-state index contributed by atoms with van der Waals surface area (Å²) >= 11 is 0. The number of nitrogens with two attached hydrogens (primary N) is 1. The Bertz CT molecular complexity index is 1190. The zero-order chi connectivity index (χ0) is 25.4. The summed E-state index contributed by atoms with van der Waals surface area (Å²) < 4.78 is 63.4. The van der Waals surface area contributed by atoms with Crippen LogP contribution in [-0.4, -0.2) is 62.6 Å². The van der Waals surface area contributed by atoms with Crippen molar-refractivity contribution < 1.29 is 35.9 Å². The Morgan fingerprint density at radius 1 is 0.914 bits per heavy atom. The molecule has 2 fully saturated rings. The van der Waals surface area contributed by atoms with E-state index in [2.05, 4.69) is 4.74 Å². The molecule has 2 aromatic rings.